The first-order valence-corrected chi connectivity index (χ1v) is 9.83. The third-order valence-corrected chi connectivity index (χ3v) is 7.55. The van der Waals surface area contributed by atoms with E-state index in [0.29, 0.717) is 12.8 Å². The Balaban J connectivity index is 1.62. The van der Waals surface area contributed by atoms with Crippen LogP contribution in [0.3, 0.4) is 0 Å². The summed E-state index contributed by atoms with van der Waals surface area (Å²) in [7, 11) is 1.43. The summed E-state index contributed by atoms with van der Waals surface area (Å²) in [6, 6.07) is 5.62. The van der Waals surface area contributed by atoms with Gasteiger partial charge in [-0.1, -0.05) is 6.07 Å². The number of phenols is 1. The highest BCUT2D eigenvalue weighted by molar-refractivity contribution is 5.74. The van der Waals surface area contributed by atoms with E-state index in [-0.39, 0.29) is 23.7 Å². The number of ether oxygens (including phenoxy) is 1. The van der Waals surface area contributed by atoms with Gasteiger partial charge in [0.1, 0.15) is 5.75 Å². The van der Waals surface area contributed by atoms with Gasteiger partial charge in [0.05, 0.1) is 18.6 Å². The van der Waals surface area contributed by atoms with Gasteiger partial charge in [-0.3, -0.25) is 9.69 Å². The Labute approximate surface area is 154 Å². The molecular weight excluding hydrogens is 330 g/mol. The van der Waals surface area contributed by atoms with Crippen LogP contribution in [0.4, 0.5) is 0 Å². The van der Waals surface area contributed by atoms with Crippen LogP contribution in [-0.4, -0.2) is 52.9 Å². The number of esters is 1. The lowest BCUT2D eigenvalue weighted by atomic mass is 9.56. The molecule has 0 radical (unpaired) electrons. The van der Waals surface area contributed by atoms with Crippen LogP contribution in [-0.2, 0) is 21.4 Å². The SMILES string of the molecule is COC(=O)[C@@H]1C[C@]23CCN(CC4CC4)[C@H](Cc4ccc(O)cc42)[C@]3(O)C1. The maximum atomic E-state index is 12.3. The molecule has 140 valence electrons. The summed E-state index contributed by atoms with van der Waals surface area (Å²) >= 11 is 0. The fourth-order valence-corrected chi connectivity index (χ4v) is 6.16. The lowest BCUT2D eigenvalue weighted by Gasteiger charge is -2.59. The number of likely N-dealkylation sites (tertiary alicyclic amines) is 1. The lowest BCUT2D eigenvalue weighted by Crippen LogP contribution is -2.69. The van der Waals surface area contributed by atoms with Gasteiger partial charge in [0.2, 0.25) is 0 Å². The Hall–Kier alpha value is -1.59. The first-order valence-electron chi connectivity index (χ1n) is 9.83. The molecule has 1 saturated heterocycles. The van der Waals surface area contributed by atoms with Gasteiger partial charge in [-0.2, -0.15) is 0 Å². The predicted octanol–water partition coefficient (Wildman–Crippen LogP) is 1.98. The number of hydrogen-bond acceptors (Lipinski definition) is 5. The van der Waals surface area contributed by atoms with Gasteiger partial charge in [0.25, 0.3) is 0 Å². The molecule has 26 heavy (non-hydrogen) atoms. The van der Waals surface area contributed by atoms with Gasteiger partial charge < -0.3 is 14.9 Å². The van der Waals surface area contributed by atoms with Crippen LogP contribution in [0.25, 0.3) is 0 Å². The van der Waals surface area contributed by atoms with E-state index >= 15 is 0 Å². The van der Waals surface area contributed by atoms with Crippen LogP contribution >= 0.6 is 0 Å². The minimum atomic E-state index is -0.931. The standard InChI is InChI=1S/C21H27NO4/c1-26-19(24)15-10-20-6-7-22(12-13-2-3-13)18(21(20,25)11-15)8-14-4-5-16(23)9-17(14)20/h4-5,9,13,15,18,23,25H,2-3,6-8,10-12H2,1H3/t15-,18-,20-,21-/m1/s1. The zero-order valence-corrected chi connectivity index (χ0v) is 15.3. The number of phenolic OH excluding ortho intramolecular Hbond substituents is 1. The number of piperidine rings is 1. The molecule has 1 aromatic rings. The van der Waals surface area contributed by atoms with Crippen molar-refractivity contribution >= 4 is 5.97 Å². The summed E-state index contributed by atoms with van der Waals surface area (Å²) in [6.07, 6.45) is 5.27. The Kier molecular flexibility index (Phi) is 3.48. The average molecular weight is 357 g/mol. The molecule has 5 heteroatoms. The van der Waals surface area contributed by atoms with E-state index in [9.17, 15) is 15.0 Å². The van der Waals surface area contributed by atoms with Gasteiger partial charge in [-0.15, -0.1) is 0 Å². The molecule has 1 aliphatic heterocycles. The molecule has 1 heterocycles. The Morgan fingerprint density at radius 2 is 2.15 bits per heavy atom. The molecule has 0 aromatic heterocycles. The summed E-state index contributed by atoms with van der Waals surface area (Å²) in [6.45, 7) is 2.01. The van der Waals surface area contributed by atoms with Crippen molar-refractivity contribution in [2.45, 2.75) is 55.6 Å². The first kappa shape index (κ1) is 16.6. The van der Waals surface area contributed by atoms with Crippen molar-refractivity contribution in [2.24, 2.45) is 11.8 Å². The van der Waals surface area contributed by atoms with Crippen molar-refractivity contribution in [1.29, 1.82) is 0 Å². The van der Waals surface area contributed by atoms with Gasteiger partial charge in [0.15, 0.2) is 0 Å². The number of aliphatic hydroxyl groups is 1. The molecule has 4 aliphatic rings. The smallest absolute Gasteiger partial charge is 0.308 e. The minimum Gasteiger partial charge on any atom is -0.508 e. The van der Waals surface area contributed by atoms with E-state index in [0.717, 1.165) is 37.4 Å². The highest BCUT2D eigenvalue weighted by atomic mass is 16.5. The van der Waals surface area contributed by atoms with Crippen LogP contribution in [0.5, 0.6) is 5.75 Å². The molecule has 2 saturated carbocycles. The number of aromatic hydroxyl groups is 1. The number of fused-ring (bicyclic) bond motifs is 1. The van der Waals surface area contributed by atoms with E-state index in [1.165, 1.54) is 25.5 Å². The van der Waals surface area contributed by atoms with Crippen molar-refractivity contribution in [3.63, 3.8) is 0 Å². The number of hydrogen-bond donors (Lipinski definition) is 2. The Bertz CT molecular complexity index is 760. The van der Waals surface area contributed by atoms with E-state index in [1.54, 1.807) is 6.07 Å². The molecule has 0 spiro atoms. The molecule has 4 atom stereocenters. The number of nitrogens with zero attached hydrogens (tertiary/aromatic N) is 1. The molecule has 1 aromatic carbocycles. The Morgan fingerprint density at radius 1 is 1.35 bits per heavy atom. The topological polar surface area (TPSA) is 70.0 Å². The number of carbonyl (C=O) groups is 1. The molecule has 5 nitrogen and oxygen atoms in total. The van der Waals surface area contributed by atoms with Crippen molar-refractivity contribution in [3.8, 4) is 5.75 Å². The first-order chi connectivity index (χ1) is 12.5. The van der Waals surface area contributed by atoms with Crippen molar-refractivity contribution < 1.29 is 19.7 Å². The monoisotopic (exact) mass is 357 g/mol. The van der Waals surface area contributed by atoms with Crippen molar-refractivity contribution in [1.82, 2.24) is 4.90 Å². The number of benzene rings is 1. The maximum Gasteiger partial charge on any atom is 0.308 e. The van der Waals surface area contributed by atoms with Crippen molar-refractivity contribution in [3.05, 3.63) is 29.3 Å². The quantitative estimate of drug-likeness (QED) is 0.810. The lowest BCUT2D eigenvalue weighted by molar-refractivity contribution is -0.147. The molecule has 0 amide bonds. The van der Waals surface area contributed by atoms with Crippen molar-refractivity contribution in [2.75, 3.05) is 20.2 Å². The Morgan fingerprint density at radius 3 is 2.88 bits per heavy atom. The zero-order valence-electron chi connectivity index (χ0n) is 15.3. The van der Waals surface area contributed by atoms with E-state index in [2.05, 4.69) is 4.90 Å². The van der Waals surface area contributed by atoms with Crippen LogP contribution in [0.1, 0.15) is 43.2 Å². The molecular formula is C21H27NO4. The predicted molar refractivity (Wildman–Crippen MR) is 95.9 cm³/mol. The fourth-order valence-electron chi connectivity index (χ4n) is 6.16. The largest absolute Gasteiger partial charge is 0.508 e. The zero-order chi connectivity index (χ0) is 18.1. The van der Waals surface area contributed by atoms with Gasteiger partial charge in [0, 0.05) is 18.0 Å². The van der Waals surface area contributed by atoms with Gasteiger partial charge in [-0.25, -0.2) is 0 Å². The van der Waals surface area contributed by atoms with E-state index in [4.69, 9.17) is 4.74 Å². The summed E-state index contributed by atoms with van der Waals surface area (Å²) in [5, 5.41) is 22.1. The number of carbonyl (C=O) groups excluding carboxylic acids is 1. The van der Waals surface area contributed by atoms with E-state index in [1.807, 2.05) is 12.1 Å². The van der Waals surface area contributed by atoms with E-state index < -0.39 is 11.0 Å². The van der Waals surface area contributed by atoms with Crippen LogP contribution in [0.15, 0.2) is 18.2 Å². The van der Waals surface area contributed by atoms with Crippen LogP contribution < -0.4 is 0 Å². The summed E-state index contributed by atoms with van der Waals surface area (Å²) in [4.78, 5) is 14.8. The second-order valence-corrected chi connectivity index (χ2v) is 8.88. The van der Waals surface area contributed by atoms with Crippen LogP contribution in [0.2, 0.25) is 0 Å². The third-order valence-electron chi connectivity index (χ3n) is 7.55. The minimum absolute atomic E-state index is 0.0450. The normalized spacial score (nSPS) is 38.5. The van der Waals surface area contributed by atoms with Gasteiger partial charge >= 0.3 is 5.97 Å². The summed E-state index contributed by atoms with van der Waals surface area (Å²) < 4.78 is 5.03. The average Bonchev–Trinajstić information content (AvgIpc) is 3.37. The molecule has 3 aliphatic carbocycles. The molecule has 0 unspecified atom stereocenters. The second kappa shape index (κ2) is 5.46. The fraction of sp³-hybridized carbons (Fsp3) is 0.667. The van der Waals surface area contributed by atoms with Crippen LogP contribution in [0, 0.1) is 11.8 Å². The summed E-state index contributed by atoms with van der Waals surface area (Å²) in [5.74, 6) is 0.510. The molecule has 3 fully saturated rings. The third kappa shape index (κ3) is 2.13. The van der Waals surface area contributed by atoms with Gasteiger partial charge in [-0.05, 0) is 74.2 Å². The molecule has 5 rings (SSSR count). The second-order valence-electron chi connectivity index (χ2n) is 8.88. The molecule has 2 bridgehead atoms. The maximum absolute atomic E-state index is 12.3. The summed E-state index contributed by atoms with van der Waals surface area (Å²) in [5.41, 5.74) is 0.875. The number of rotatable bonds is 3. The highest BCUT2D eigenvalue weighted by Gasteiger charge is 2.68. The number of methoxy groups -OCH3 is 1. The highest BCUT2D eigenvalue weighted by Crippen LogP contribution is 2.62. The molecule has 2 N–H and O–H groups in total.